The molecule has 0 saturated carbocycles. The van der Waals surface area contributed by atoms with Gasteiger partial charge in [-0.25, -0.2) is 0 Å². The van der Waals surface area contributed by atoms with Crippen LogP contribution in [0.2, 0.25) is 0 Å². The number of nitrogens with zero attached hydrogens (tertiary/aromatic N) is 3. The average Bonchev–Trinajstić information content (AvgIpc) is 3.16. The Bertz CT molecular complexity index is 759. The highest BCUT2D eigenvalue weighted by molar-refractivity contribution is 7.97. The summed E-state index contributed by atoms with van der Waals surface area (Å²) in [5.74, 6) is 1.62. The average molecular weight is 425 g/mol. The fourth-order valence-electron chi connectivity index (χ4n) is 3.35. The summed E-state index contributed by atoms with van der Waals surface area (Å²) in [6, 6.07) is 0.769. The lowest BCUT2D eigenvalue weighted by Crippen LogP contribution is -2.21. The number of nitro groups is 3. The van der Waals surface area contributed by atoms with Gasteiger partial charge >= 0.3 is 0 Å². The molecule has 0 N–H and O–H groups in total. The Morgan fingerprint density at radius 2 is 1.41 bits per heavy atom. The van der Waals surface area contributed by atoms with Crippen molar-refractivity contribution in [3.63, 3.8) is 0 Å². The third kappa shape index (κ3) is 6.41. The Morgan fingerprint density at radius 1 is 0.828 bits per heavy atom. The standard InChI is InChI=1S/C12H21S.C6H3N3O7/c1-2-4-8-12(9-5-3-1)13-10-6-7-11-13;10-6-4(8(13)14)1-3(7(11)12)2-5(6)9(15)16/h4,8,12H,1-3,5-7,9-11H2;1-2,10H/q+1;/p-1/b8-4-;. The van der Waals surface area contributed by atoms with Crippen LogP contribution in [0.25, 0.3) is 0 Å². The molecule has 1 unspecified atom stereocenters. The van der Waals surface area contributed by atoms with Gasteiger partial charge in [-0.3, -0.25) is 30.3 Å². The third-order valence-corrected chi connectivity index (χ3v) is 7.72. The maximum atomic E-state index is 11.1. The van der Waals surface area contributed by atoms with E-state index in [1.165, 1.54) is 56.5 Å². The molecule has 1 aliphatic heterocycles. The summed E-state index contributed by atoms with van der Waals surface area (Å²) in [6.45, 7) is 0. The minimum atomic E-state index is -1.46. The van der Waals surface area contributed by atoms with Crippen LogP contribution in [-0.2, 0) is 10.9 Å². The van der Waals surface area contributed by atoms with Crippen LogP contribution in [0.15, 0.2) is 24.3 Å². The maximum Gasteiger partial charge on any atom is 0.283 e. The summed E-state index contributed by atoms with van der Waals surface area (Å²) in [4.78, 5) is 27.5. The summed E-state index contributed by atoms with van der Waals surface area (Å²) in [7, 11) is 0.781. The molecule has 0 amide bonds. The van der Waals surface area contributed by atoms with Crippen molar-refractivity contribution < 1.29 is 19.9 Å². The first-order valence-electron chi connectivity index (χ1n) is 9.42. The third-order valence-electron chi connectivity index (χ3n) is 4.84. The lowest BCUT2D eigenvalue weighted by Gasteiger charge is -2.13. The highest BCUT2D eigenvalue weighted by atomic mass is 32.2. The molecular formula is C18H23N3O7S. The van der Waals surface area contributed by atoms with Crippen LogP contribution in [0.4, 0.5) is 17.1 Å². The summed E-state index contributed by atoms with van der Waals surface area (Å²) in [5.41, 5.74) is -3.26. The van der Waals surface area contributed by atoms with E-state index in [0.29, 0.717) is 12.1 Å². The molecule has 1 saturated heterocycles. The normalized spacial score (nSPS) is 20.6. The first-order valence-corrected chi connectivity index (χ1v) is 11.0. The molecule has 0 bridgehead atoms. The molecule has 1 aromatic rings. The van der Waals surface area contributed by atoms with Crippen molar-refractivity contribution in [2.24, 2.45) is 0 Å². The number of benzene rings is 1. The second kappa shape index (κ2) is 10.7. The maximum absolute atomic E-state index is 11.1. The first-order chi connectivity index (χ1) is 13.8. The zero-order chi connectivity index (χ0) is 21.4. The molecule has 10 nitrogen and oxygen atoms in total. The fraction of sp³-hybridized carbons (Fsp3) is 0.556. The lowest BCUT2D eigenvalue weighted by molar-refractivity contribution is -0.420. The van der Waals surface area contributed by atoms with Crippen molar-refractivity contribution in [1.82, 2.24) is 0 Å². The van der Waals surface area contributed by atoms with Crippen molar-refractivity contribution in [1.29, 1.82) is 0 Å². The molecule has 0 radical (unpaired) electrons. The van der Waals surface area contributed by atoms with Crippen LogP contribution in [0.5, 0.6) is 5.75 Å². The van der Waals surface area contributed by atoms with E-state index in [2.05, 4.69) is 12.2 Å². The summed E-state index contributed by atoms with van der Waals surface area (Å²) < 4.78 is 0. The minimum absolute atomic E-state index is 0.384. The second-order valence-corrected chi connectivity index (χ2v) is 9.34. The van der Waals surface area contributed by atoms with Gasteiger partial charge in [-0.15, -0.1) is 0 Å². The van der Waals surface area contributed by atoms with Crippen LogP contribution in [0.3, 0.4) is 0 Å². The van der Waals surface area contributed by atoms with Gasteiger partial charge in [0.1, 0.15) is 16.8 Å². The van der Waals surface area contributed by atoms with E-state index in [1.54, 1.807) is 0 Å². The molecule has 0 aromatic heterocycles. The van der Waals surface area contributed by atoms with Gasteiger partial charge in [0.05, 0.1) is 32.7 Å². The number of nitro benzene ring substituents is 3. The molecule has 1 aliphatic carbocycles. The predicted molar refractivity (Wildman–Crippen MR) is 108 cm³/mol. The molecule has 1 heterocycles. The van der Waals surface area contributed by atoms with Crippen molar-refractivity contribution >= 4 is 28.0 Å². The van der Waals surface area contributed by atoms with Gasteiger partial charge in [0, 0.05) is 0 Å². The fourth-order valence-corrected chi connectivity index (χ4v) is 6.14. The van der Waals surface area contributed by atoms with Gasteiger partial charge < -0.3 is 5.11 Å². The van der Waals surface area contributed by atoms with Crippen LogP contribution in [-0.4, -0.2) is 31.5 Å². The van der Waals surface area contributed by atoms with Crippen LogP contribution < -0.4 is 5.11 Å². The first kappa shape index (κ1) is 22.6. The van der Waals surface area contributed by atoms with E-state index in [4.69, 9.17) is 0 Å². The Labute approximate surface area is 170 Å². The topological polar surface area (TPSA) is 152 Å². The molecular weight excluding hydrogens is 402 g/mol. The van der Waals surface area contributed by atoms with Crippen LogP contribution >= 0.6 is 0 Å². The molecule has 1 aromatic carbocycles. The largest absolute Gasteiger partial charge is 0.863 e. The zero-order valence-corrected chi connectivity index (χ0v) is 16.7. The van der Waals surface area contributed by atoms with Crippen LogP contribution in [0.1, 0.15) is 44.9 Å². The van der Waals surface area contributed by atoms with Gasteiger partial charge in [0.15, 0.2) is 0 Å². The Balaban J connectivity index is 0.000000211. The summed E-state index contributed by atoms with van der Waals surface area (Å²) in [6.07, 6.45) is 15.2. The van der Waals surface area contributed by atoms with Gasteiger partial charge in [0.25, 0.3) is 17.1 Å². The zero-order valence-electron chi connectivity index (χ0n) is 15.9. The number of allylic oxidation sites excluding steroid dienone is 1. The van der Waals surface area contributed by atoms with E-state index in [-0.39, 0.29) is 0 Å². The highest BCUT2D eigenvalue weighted by Crippen LogP contribution is 2.36. The predicted octanol–water partition coefficient (Wildman–Crippen LogP) is 3.77. The van der Waals surface area contributed by atoms with Crippen molar-refractivity contribution in [3.8, 4) is 5.75 Å². The van der Waals surface area contributed by atoms with E-state index < -0.39 is 37.6 Å². The number of rotatable bonds is 4. The van der Waals surface area contributed by atoms with Gasteiger partial charge in [-0.05, 0) is 55.5 Å². The van der Waals surface area contributed by atoms with Crippen molar-refractivity contribution in [2.75, 3.05) is 11.5 Å². The van der Waals surface area contributed by atoms with Gasteiger partial charge in [-0.1, -0.05) is 12.5 Å². The summed E-state index contributed by atoms with van der Waals surface area (Å²) >= 11 is 0. The Hall–Kier alpha value is -2.69. The highest BCUT2D eigenvalue weighted by Gasteiger charge is 2.31. The monoisotopic (exact) mass is 425 g/mol. The molecule has 29 heavy (non-hydrogen) atoms. The Kier molecular flexibility index (Phi) is 8.37. The number of non-ortho nitro benzene ring substituents is 1. The number of hydrogen-bond acceptors (Lipinski definition) is 7. The number of hydrogen-bond donors (Lipinski definition) is 0. The molecule has 2 aliphatic rings. The van der Waals surface area contributed by atoms with Crippen molar-refractivity contribution in [2.45, 2.75) is 50.2 Å². The SMILES string of the molecule is C1=C\C([S+]2CCCC2)CCCCC/1.O=[N+]([O-])c1cc([N+](=O)[O-])c([O-])c([N+](=O)[O-])c1. The molecule has 1 fully saturated rings. The lowest BCUT2D eigenvalue weighted by atomic mass is 10.1. The second-order valence-electron chi connectivity index (χ2n) is 6.84. The molecule has 3 rings (SSSR count). The van der Waals surface area contributed by atoms with E-state index in [9.17, 15) is 35.4 Å². The van der Waals surface area contributed by atoms with Crippen molar-refractivity contribution in [3.05, 3.63) is 54.6 Å². The van der Waals surface area contributed by atoms with E-state index >= 15 is 0 Å². The van der Waals surface area contributed by atoms with Gasteiger partial charge in [-0.2, -0.15) is 0 Å². The smallest absolute Gasteiger partial charge is 0.283 e. The van der Waals surface area contributed by atoms with Gasteiger partial charge in [0.2, 0.25) is 0 Å². The molecule has 158 valence electrons. The molecule has 11 heteroatoms. The van der Waals surface area contributed by atoms with Crippen LogP contribution in [0, 0.1) is 30.3 Å². The quantitative estimate of drug-likeness (QED) is 0.308. The Morgan fingerprint density at radius 3 is 1.93 bits per heavy atom. The summed E-state index contributed by atoms with van der Waals surface area (Å²) in [5, 5.41) is 43.1. The molecule has 1 atom stereocenters. The van der Waals surface area contributed by atoms with E-state index in [0.717, 1.165) is 16.1 Å². The molecule has 0 spiro atoms. The minimum Gasteiger partial charge on any atom is -0.863 e. The van der Waals surface area contributed by atoms with E-state index in [1.807, 2.05) is 0 Å².